The molecule has 2 rings (SSSR count). The summed E-state index contributed by atoms with van der Waals surface area (Å²) in [5.41, 5.74) is 8.32. The van der Waals surface area contributed by atoms with E-state index in [4.69, 9.17) is 14.9 Å². The van der Waals surface area contributed by atoms with E-state index < -0.39 is 0 Å². The van der Waals surface area contributed by atoms with Crippen LogP contribution in [0.5, 0.6) is 5.75 Å². The van der Waals surface area contributed by atoms with Gasteiger partial charge in [0, 0.05) is 0 Å². The Balaban J connectivity index is 2.01. The summed E-state index contributed by atoms with van der Waals surface area (Å²) in [6, 6.07) is 9.71. The highest BCUT2D eigenvalue weighted by molar-refractivity contribution is 5.36. The minimum absolute atomic E-state index is 0.237. The summed E-state index contributed by atoms with van der Waals surface area (Å²) >= 11 is 0. The monoisotopic (exact) mass is 245 g/mol. The van der Waals surface area contributed by atoms with E-state index in [-0.39, 0.29) is 6.04 Å². The summed E-state index contributed by atoms with van der Waals surface area (Å²) in [6.07, 6.45) is 0. The molecule has 0 saturated carbocycles. The molecule has 18 heavy (non-hydrogen) atoms. The van der Waals surface area contributed by atoms with Crippen LogP contribution in [-0.2, 0) is 0 Å². The molecular formula is C15H19NO2. The van der Waals surface area contributed by atoms with E-state index in [0.29, 0.717) is 6.61 Å². The average Bonchev–Trinajstić information content (AvgIpc) is 2.77. The molecule has 3 nitrogen and oxygen atoms in total. The fourth-order valence-corrected chi connectivity index (χ4v) is 1.78. The molecule has 1 heterocycles. The van der Waals surface area contributed by atoms with Gasteiger partial charge < -0.3 is 14.9 Å². The Bertz CT molecular complexity index is 531. The molecule has 0 amide bonds. The van der Waals surface area contributed by atoms with E-state index in [1.165, 1.54) is 5.56 Å². The normalized spacial score (nSPS) is 12.4. The lowest BCUT2D eigenvalue weighted by molar-refractivity contribution is 0.270. The van der Waals surface area contributed by atoms with E-state index in [0.717, 1.165) is 22.8 Å². The number of ether oxygens (including phenoxy) is 1. The molecule has 96 valence electrons. The van der Waals surface area contributed by atoms with Crippen molar-refractivity contribution in [1.82, 2.24) is 0 Å². The zero-order valence-electron chi connectivity index (χ0n) is 11.1. The first-order valence-corrected chi connectivity index (χ1v) is 6.08. The van der Waals surface area contributed by atoms with Gasteiger partial charge in [0.2, 0.25) is 0 Å². The molecule has 1 aromatic carbocycles. The number of aryl methyl sites for hydroxylation is 3. The lowest BCUT2D eigenvalue weighted by Gasteiger charge is -2.13. The highest BCUT2D eigenvalue weighted by Gasteiger charge is 2.11. The number of furan rings is 1. The molecule has 0 aliphatic heterocycles. The molecule has 0 spiro atoms. The summed E-state index contributed by atoms with van der Waals surface area (Å²) < 4.78 is 11.2. The molecule has 2 aromatic rings. The zero-order chi connectivity index (χ0) is 13.1. The van der Waals surface area contributed by atoms with Crippen molar-refractivity contribution < 1.29 is 9.15 Å². The van der Waals surface area contributed by atoms with Crippen molar-refractivity contribution in [1.29, 1.82) is 0 Å². The summed E-state index contributed by atoms with van der Waals surface area (Å²) in [5.74, 6) is 2.51. The second-order valence-electron chi connectivity index (χ2n) is 4.63. The first-order chi connectivity index (χ1) is 8.56. The SMILES string of the molecule is Cc1ccc(C)c(OCC(N)c2ccc(C)o2)c1. The van der Waals surface area contributed by atoms with Crippen molar-refractivity contribution in [3.8, 4) is 5.75 Å². The predicted octanol–water partition coefficient (Wildman–Crippen LogP) is 3.28. The van der Waals surface area contributed by atoms with E-state index in [1.54, 1.807) is 0 Å². The van der Waals surface area contributed by atoms with E-state index in [9.17, 15) is 0 Å². The predicted molar refractivity (Wildman–Crippen MR) is 71.8 cm³/mol. The van der Waals surface area contributed by atoms with Crippen LogP contribution in [0.3, 0.4) is 0 Å². The van der Waals surface area contributed by atoms with Gasteiger partial charge >= 0.3 is 0 Å². The second kappa shape index (κ2) is 5.27. The Morgan fingerprint density at radius 2 is 1.94 bits per heavy atom. The average molecular weight is 245 g/mol. The van der Waals surface area contributed by atoms with Crippen molar-refractivity contribution in [3.63, 3.8) is 0 Å². The molecule has 0 radical (unpaired) electrons. The van der Waals surface area contributed by atoms with Gasteiger partial charge in [0.25, 0.3) is 0 Å². The minimum atomic E-state index is -0.237. The summed E-state index contributed by atoms with van der Waals surface area (Å²) in [6.45, 7) is 6.39. The van der Waals surface area contributed by atoms with Crippen LogP contribution < -0.4 is 10.5 Å². The molecule has 1 aromatic heterocycles. The Kier molecular flexibility index (Phi) is 3.72. The van der Waals surface area contributed by atoms with E-state index in [1.807, 2.05) is 45.0 Å². The molecule has 1 unspecified atom stereocenters. The minimum Gasteiger partial charge on any atom is -0.491 e. The third kappa shape index (κ3) is 2.93. The van der Waals surface area contributed by atoms with Gasteiger partial charge in [-0.3, -0.25) is 0 Å². The molecular weight excluding hydrogens is 226 g/mol. The summed E-state index contributed by atoms with van der Waals surface area (Å²) in [7, 11) is 0. The van der Waals surface area contributed by atoms with Crippen molar-refractivity contribution in [2.45, 2.75) is 26.8 Å². The van der Waals surface area contributed by atoms with Gasteiger partial charge in [-0.2, -0.15) is 0 Å². The topological polar surface area (TPSA) is 48.4 Å². The maximum Gasteiger partial charge on any atom is 0.124 e. The van der Waals surface area contributed by atoms with Gasteiger partial charge in [-0.25, -0.2) is 0 Å². The van der Waals surface area contributed by atoms with Gasteiger partial charge in [0.15, 0.2) is 0 Å². The van der Waals surface area contributed by atoms with E-state index in [2.05, 4.69) is 6.07 Å². The quantitative estimate of drug-likeness (QED) is 0.899. The highest BCUT2D eigenvalue weighted by atomic mass is 16.5. The maximum absolute atomic E-state index is 6.03. The Morgan fingerprint density at radius 1 is 1.17 bits per heavy atom. The Labute approximate surface area is 108 Å². The Morgan fingerprint density at radius 3 is 2.61 bits per heavy atom. The van der Waals surface area contributed by atoms with Gasteiger partial charge in [-0.1, -0.05) is 12.1 Å². The zero-order valence-corrected chi connectivity index (χ0v) is 11.1. The van der Waals surface area contributed by atoms with Crippen LogP contribution in [0.1, 0.15) is 28.7 Å². The van der Waals surface area contributed by atoms with Crippen LogP contribution in [0.25, 0.3) is 0 Å². The van der Waals surface area contributed by atoms with Gasteiger partial charge in [-0.05, 0) is 50.1 Å². The molecule has 0 saturated heterocycles. The largest absolute Gasteiger partial charge is 0.491 e. The van der Waals surface area contributed by atoms with Gasteiger partial charge in [-0.15, -0.1) is 0 Å². The molecule has 0 aliphatic rings. The molecule has 0 aliphatic carbocycles. The fourth-order valence-electron chi connectivity index (χ4n) is 1.78. The van der Waals surface area contributed by atoms with Gasteiger partial charge in [0.1, 0.15) is 23.9 Å². The summed E-state index contributed by atoms with van der Waals surface area (Å²) in [5, 5.41) is 0. The van der Waals surface area contributed by atoms with Gasteiger partial charge in [0.05, 0.1) is 6.04 Å². The van der Waals surface area contributed by atoms with Crippen molar-refractivity contribution in [2.24, 2.45) is 5.73 Å². The maximum atomic E-state index is 6.03. The number of nitrogens with two attached hydrogens (primary N) is 1. The van der Waals surface area contributed by atoms with Crippen LogP contribution in [-0.4, -0.2) is 6.61 Å². The summed E-state index contributed by atoms with van der Waals surface area (Å²) in [4.78, 5) is 0. The second-order valence-corrected chi connectivity index (χ2v) is 4.63. The van der Waals surface area contributed by atoms with E-state index >= 15 is 0 Å². The van der Waals surface area contributed by atoms with Crippen LogP contribution >= 0.6 is 0 Å². The standard InChI is InChI=1S/C15H19NO2/c1-10-4-5-11(2)15(8-10)17-9-13(16)14-7-6-12(3)18-14/h4-8,13H,9,16H2,1-3H3. The lowest BCUT2D eigenvalue weighted by atomic mass is 10.1. The number of hydrogen-bond acceptors (Lipinski definition) is 3. The molecule has 0 bridgehead atoms. The third-order valence-electron chi connectivity index (χ3n) is 2.89. The highest BCUT2D eigenvalue weighted by Crippen LogP contribution is 2.21. The van der Waals surface area contributed by atoms with Crippen LogP contribution in [0.2, 0.25) is 0 Å². The van der Waals surface area contributed by atoms with Crippen molar-refractivity contribution >= 4 is 0 Å². The van der Waals surface area contributed by atoms with Crippen molar-refractivity contribution in [2.75, 3.05) is 6.61 Å². The van der Waals surface area contributed by atoms with Crippen molar-refractivity contribution in [3.05, 3.63) is 53.0 Å². The lowest BCUT2D eigenvalue weighted by Crippen LogP contribution is -2.18. The number of benzene rings is 1. The smallest absolute Gasteiger partial charge is 0.124 e. The number of rotatable bonds is 4. The molecule has 1 atom stereocenters. The first-order valence-electron chi connectivity index (χ1n) is 6.08. The third-order valence-corrected chi connectivity index (χ3v) is 2.89. The molecule has 3 heteroatoms. The Hall–Kier alpha value is -1.74. The molecule has 2 N–H and O–H groups in total. The molecule has 0 fully saturated rings. The van der Waals surface area contributed by atoms with Crippen LogP contribution in [0.15, 0.2) is 34.7 Å². The number of hydrogen-bond donors (Lipinski definition) is 1. The fraction of sp³-hybridized carbons (Fsp3) is 0.333. The van der Waals surface area contributed by atoms with Crippen LogP contribution in [0.4, 0.5) is 0 Å². The van der Waals surface area contributed by atoms with Crippen LogP contribution in [0, 0.1) is 20.8 Å². The first kappa shape index (κ1) is 12.7.